The van der Waals surface area contributed by atoms with Crippen LogP contribution in [0.5, 0.6) is 0 Å². The first-order chi connectivity index (χ1) is 29.6. The number of hydrogen-bond donors (Lipinski definition) is 1. The Labute approximate surface area is 374 Å². The number of carbonyl (C=O) groups is 3. The molecule has 0 rings (SSSR count). The normalized spacial score (nSPS) is 13.4. The van der Waals surface area contributed by atoms with Gasteiger partial charge in [-0.25, -0.2) is 4.79 Å². The second-order valence-electron chi connectivity index (χ2n) is 17.4. The largest absolute Gasteiger partial charge is 0.477 e. The third-order valence-electron chi connectivity index (χ3n) is 10.3. The molecule has 0 saturated heterocycles. The third kappa shape index (κ3) is 44.8. The molecule has 2 atom stereocenters. The number of allylic oxidation sites excluding steroid dienone is 10. The van der Waals surface area contributed by atoms with Gasteiger partial charge < -0.3 is 28.5 Å². The molecule has 0 spiro atoms. The molecule has 352 valence electrons. The molecule has 9 nitrogen and oxygen atoms in total. The summed E-state index contributed by atoms with van der Waals surface area (Å²) in [6.07, 6.45) is 50.1. The zero-order valence-electron chi connectivity index (χ0n) is 39.8. The molecule has 0 heterocycles. The smallest absolute Gasteiger partial charge is 0.361 e. The van der Waals surface area contributed by atoms with E-state index in [1.54, 1.807) is 0 Å². The van der Waals surface area contributed by atoms with Crippen molar-refractivity contribution in [3.63, 3.8) is 0 Å². The van der Waals surface area contributed by atoms with Crippen LogP contribution in [0.1, 0.15) is 194 Å². The topological polar surface area (TPSA) is 108 Å². The second kappa shape index (κ2) is 43.6. The average Bonchev–Trinajstić information content (AvgIpc) is 3.22. The van der Waals surface area contributed by atoms with Crippen molar-refractivity contribution in [3.8, 4) is 0 Å². The first-order valence-electron chi connectivity index (χ1n) is 24.5. The lowest BCUT2D eigenvalue weighted by molar-refractivity contribution is -0.870. The van der Waals surface area contributed by atoms with Crippen molar-refractivity contribution in [1.82, 2.24) is 0 Å². The standard InChI is InChI=1S/C52H91NO8/c1-6-8-10-12-14-16-18-20-22-23-24-25-26-27-29-30-32-34-36-38-40-42-49(54)59-46-48(47-60-52(51(56)57)58-45-44-53(3,4)5)61-50(55)43-41-39-37-35-33-31-28-21-19-17-15-13-11-9-7-2/h9,11,15,17,21,23-24,28,33,35,48,52H,6-8,10,12-14,16,18-20,22,25-27,29-32,34,36-47H2,1-5H3/p+1/b11-9-,17-15-,24-23-,28-21-,35-33-. The Kier molecular flexibility index (Phi) is 41.5. The van der Waals surface area contributed by atoms with Crippen LogP contribution in [0, 0.1) is 0 Å². The van der Waals surface area contributed by atoms with E-state index in [0.29, 0.717) is 17.4 Å². The summed E-state index contributed by atoms with van der Waals surface area (Å²) < 4.78 is 22.7. The summed E-state index contributed by atoms with van der Waals surface area (Å²) in [5, 5.41) is 9.65. The molecular formula is C52H92NO8+. The molecule has 0 saturated carbocycles. The molecule has 9 heteroatoms. The van der Waals surface area contributed by atoms with E-state index in [1.807, 2.05) is 21.1 Å². The summed E-state index contributed by atoms with van der Waals surface area (Å²) in [5.41, 5.74) is 0. The van der Waals surface area contributed by atoms with Crippen LogP contribution < -0.4 is 0 Å². The van der Waals surface area contributed by atoms with Gasteiger partial charge in [0, 0.05) is 12.8 Å². The van der Waals surface area contributed by atoms with E-state index in [2.05, 4.69) is 74.6 Å². The fourth-order valence-corrected chi connectivity index (χ4v) is 6.47. The van der Waals surface area contributed by atoms with E-state index in [9.17, 15) is 19.5 Å². The highest BCUT2D eigenvalue weighted by atomic mass is 16.7. The molecule has 0 aliphatic heterocycles. The molecule has 1 N–H and O–H groups in total. The summed E-state index contributed by atoms with van der Waals surface area (Å²) in [4.78, 5) is 37.2. The number of hydrogen-bond acceptors (Lipinski definition) is 7. The number of carbonyl (C=O) groups excluding carboxylic acids is 2. The van der Waals surface area contributed by atoms with Crippen LogP contribution in [0.3, 0.4) is 0 Å². The van der Waals surface area contributed by atoms with Crippen LogP contribution in [-0.4, -0.2) is 87.4 Å². The number of esters is 2. The molecule has 0 aromatic heterocycles. The van der Waals surface area contributed by atoms with Crippen molar-refractivity contribution in [2.24, 2.45) is 0 Å². The van der Waals surface area contributed by atoms with E-state index in [-0.39, 0.29) is 38.6 Å². The molecule has 0 aromatic carbocycles. The van der Waals surface area contributed by atoms with Gasteiger partial charge in [0.25, 0.3) is 6.29 Å². The van der Waals surface area contributed by atoms with Crippen molar-refractivity contribution in [2.75, 3.05) is 47.5 Å². The van der Waals surface area contributed by atoms with Crippen LogP contribution in [0.2, 0.25) is 0 Å². The summed E-state index contributed by atoms with van der Waals surface area (Å²) in [5.74, 6) is -2.07. The van der Waals surface area contributed by atoms with Crippen LogP contribution in [-0.2, 0) is 33.3 Å². The van der Waals surface area contributed by atoms with Gasteiger partial charge in [-0.1, -0.05) is 164 Å². The average molecular weight is 859 g/mol. The quantitative estimate of drug-likeness (QED) is 0.0212. The third-order valence-corrected chi connectivity index (χ3v) is 10.3. The highest BCUT2D eigenvalue weighted by Crippen LogP contribution is 2.14. The predicted octanol–water partition coefficient (Wildman–Crippen LogP) is 13.3. The number of aliphatic carboxylic acids is 1. The molecule has 61 heavy (non-hydrogen) atoms. The Morgan fingerprint density at radius 1 is 0.508 bits per heavy atom. The Hall–Kier alpha value is -3.01. The van der Waals surface area contributed by atoms with Crippen molar-refractivity contribution >= 4 is 17.9 Å². The molecule has 0 fully saturated rings. The summed E-state index contributed by atoms with van der Waals surface area (Å²) in [7, 11) is 5.94. The monoisotopic (exact) mass is 859 g/mol. The van der Waals surface area contributed by atoms with Crippen LogP contribution in [0.4, 0.5) is 0 Å². The molecule has 0 aromatic rings. The van der Waals surface area contributed by atoms with Gasteiger partial charge in [-0.2, -0.15) is 0 Å². The maximum absolute atomic E-state index is 12.8. The number of quaternary nitrogens is 1. The van der Waals surface area contributed by atoms with Crippen molar-refractivity contribution in [3.05, 3.63) is 60.8 Å². The zero-order chi connectivity index (χ0) is 44.9. The van der Waals surface area contributed by atoms with Gasteiger partial charge in [-0.3, -0.25) is 9.59 Å². The Bertz CT molecular complexity index is 1180. The lowest BCUT2D eigenvalue weighted by Gasteiger charge is -2.25. The van der Waals surface area contributed by atoms with Gasteiger partial charge in [0.05, 0.1) is 34.4 Å². The van der Waals surface area contributed by atoms with Gasteiger partial charge >= 0.3 is 17.9 Å². The minimum atomic E-state index is -1.52. The predicted molar refractivity (Wildman–Crippen MR) is 253 cm³/mol. The minimum Gasteiger partial charge on any atom is -0.477 e. The molecule has 0 radical (unpaired) electrons. The lowest BCUT2D eigenvalue weighted by Crippen LogP contribution is -2.40. The van der Waals surface area contributed by atoms with Gasteiger partial charge in [0.15, 0.2) is 6.10 Å². The van der Waals surface area contributed by atoms with Gasteiger partial charge in [-0.05, 0) is 77.0 Å². The van der Waals surface area contributed by atoms with E-state index >= 15 is 0 Å². The number of carboxylic acids is 1. The highest BCUT2D eigenvalue weighted by Gasteiger charge is 2.25. The molecule has 0 bridgehead atoms. The lowest BCUT2D eigenvalue weighted by atomic mass is 10.1. The maximum Gasteiger partial charge on any atom is 0.361 e. The van der Waals surface area contributed by atoms with Gasteiger partial charge in [0.2, 0.25) is 0 Å². The number of nitrogens with zero attached hydrogens (tertiary/aromatic N) is 1. The number of likely N-dealkylation sites (N-methyl/N-ethyl adjacent to an activating group) is 1. The summed E-state index contributed by atoms with van der Waals surface area (Å²) >= 11 is 0. The SMILES string of the molecule is CC/C=C\C/C=C\C/C=C\C/C=C\CCCCC(=O)OC(COC(=O)CCCCCCCCCCC/C=C\CCCCCCCCCC)COC(OCC[N+](C)(C)C)C(=O)O. The number of carboxylic acid groups (broad SMARTS) is 1. The highest BCUT2D eigenvalue weighted by molar-refractivity contribution is 5.71. The summed E-state index contributed by atoms with van der Waals surface area (Å²) in [6.45, 7) is 4.70. The zero-order valence-corrected chi connectivity index (χ0v) is 39.8. The Morgan fingerprint density at radius 3 is 1.44 bits per heavy atom. The first kappa shape index (κ1) is 58.0. The van der Waals surface area contributed by atoms with Crippen LogP contribution in [0.15, 0.2) is 60.8 Å². The van der Waals surface area contributed by atoms with Crippen LogP contribution in [0.25, 0.3) is 0 Å². The van der Waals surface area contributed by atoms with Gasteiger partial charge in [0.1, 0.15) is 13.2 Å². The van der Waals surface area contributed by atoms with Gasteiger partial charge in [-0.15, -0.1) is 0 Å². The Balaban J connectivity index is 4.40. The number of rotatable bonds is 44. The Morgan fingerprint density at radius 2 is 0.934 bits per heavy atom. The van der Waals surface area contributed by atoms with E-state index < -0.39 is 24.3 Å². The fraction of sp³-hybridized carbons (Fsp3) is 0.750. The number of ether oxygens (including phenoxy) is 4. The minimum absolute atomic E-state index is 0.177. The molecule has 2 unspecified atom stereocenters. The van der Waals surface area contributed by atoms with Crippen molar-refractivity contribution < 1.29 is 42.9 Å². The van der Waals surface area contributed by atoms with Crippen LogP contribution >= 0.6 is 0 Å². The van der Waals surface area contributed by atoms with E-state index in [4.69, 9.17) is 18.9 Å². The van der Waals surface area contributed by atoms with Crippen molar-refractivity contribution in [2.45, 2.75) is 206 Å². The molecule has 0 amide bonds. The molecule has 0 aliphatic carbocycles. The number of unbranched alkanes of at least 4 members (excludes halogenated alkanes) is 19. The maximum atomic E-state index is 12.8. The van der Waals surface area contributed by atoms with Crippen molar-refractivity contribution in [1.29, 1.82) is 0 Å². The summed E-state index contributed by atoms with van der Waals surface area (Å²) in [6, 6.07) is 0. The van der Waals surface area contributed by atoms with E-state index in [1.165, 1.54) is 103 Å². The molecular weight excluding hydrogens is 767 g/mol. The first-order valence-corrected chi connectivity index (χ1v) is 24.5. The second-order valence-corrected chi connectivity index (χ2v) is 17.4. The van der Waals surface area contributed by atoms with E-state index in [0.717, 1.165) is 57.8 Å². The fourth-order valence-electron chi connectivity index (χ4n) is 6.47. The molecule has 0 aliphatic rings.